The maximum Gasteiger partial charge on any atom is 0.212 e. The molecule has 1 aliphatic heterocycles. The Balaban J connectivity index is 1.85. The van der Waals surface area contributed by atoms with Gasteiger partial charge in [0.1, 0.15) is 0 Å². The maximum absolute atomic E-state index is 8.02. The third kappa shape index (κ3) is 2.12. The molecule has 1 aromatic rings. The Bertz CT molecular complexity index is 588. The zero-order valence-electron chi connectivity index (χ0n) is 12.2. The van der Waals surface area contributed by atoms with Crippen molar-refractivity contribution in [1.29, 1.82) is 5.41 Å². The topological polar surface area (TPSA) is 42.3 Å². The lowest BCUT2D eigenvalue weighted by atomic mass is 9.90. The summed E-state index contributed by atoms with van der Waals surface area (Å²) in [6, 6.07) is 6.06. The maximum atomic E-state index is 8.02. The molecule has 0 atom stereocenters. The molecular weight excluding hydrogens is 270 g/mol. The van der Waals surface area contributed by atoms with Crippen molar-refractivity contribution in [1.82, 2.24) is 0 Å². The molecule has 20 heavy (non-hydrogen) atoms. The van der Waals surface area contributed by atoms with Crippen LogP contribution in [0, 0.1) is 5.41 Å². The second-order valence-corrected chi connectivity index (χ2v) is 7.19. The van der Waals surface area contributed by atoms with Crippen LogP contribution in [0.1, 0.15) is 38.8 Å². The van der Waals surface area contributed by atoms with Gasteiger partial charge in [0.25, 0.3) is 0 Å². The molecule has 3 nitrogen and oxygen atoms in total. The normalized spacial score (nSPS) is 23.3. The van der Waals surface area contributed by atoms with Gasteiger partial charge in [-0.2, -0.15) is 0 Å². The molecule has 1 fully saturated rings. The Morgan fingerprint density at radius 2 is 1.70 bits per heavy atom. The van der Waals surface area contributed by atoms with Crippen LogP contribution in [-0.2, 0) is 9.47 Å². The van der Waals surface area contributed by atoms with E-state index in [1.807, 2.05) is 58.0 Å². The minimum absolute atomic E-state index is 0.325. The predicted octanol–water partition coefficient (Wildman–Crippen LogP) is 4.06. The molecule has 0 aromatic heterocycles. The quantitative estimate of drug-likeness (QED) is 0.892. The van der Waals surface area contributed by atoms with Gasteiger partial charge in [0.2, 0.25) is 5.62 Å². The van der Waals surface area contributed by atoms with Crippen LogP contribution < -0.4 is 0 Å². The molecule has 1 heterocycles. The highest BCUT2D eigenvalue weighted by Gasteiger charge is 2.49. The average Bonchev–Trinajstić information content (AvgIpc) is 2.79. The molecule has 1 N–H and O–H groups in total. The number of hydrogen-bond acceptors (Lipinski definition) is 4. The highest BCUT2D eigenvalue weighted by Crippen LogP contribution is 2.45. The molecule has 1 aromatic carbocycles. The number of ether oxygens (including phenoxy) is 2. The van der Waals surface area contributed by atoms with E-state index < -0.39 is 0 Å². The molecule has 4 heteroatoms. The van der Waals surface area contributed by atoms with Crippen molar-refractivity contribution in [3.05, 3.63) is 35.4 Å². The van der Waals surface area contributed by atoms with E-state index in [1.54, 1.807) is 0 Å². The number of allylic oxidation sites excluding steroid dienone is 1. The second-order valence-electron chi connectivity index (χ2n) is 6.13. The van der Waals surface area contributed by atoms with Gasteiger partial charge in [-0.15, -0.1) is 0 Å². The molecule has 0 amide bonds. The first-order valence-corrected chi connectivity index (χ1v) is 7.60. The number of hydrogen-bond donors (Lipinski definition) is 1. The highest BCUT2D eigenvalue weighted by atomic mass is 32.2. The minimum Gasteiger partial charge on any atom is -0.334 e. The zero-order valence-corrected chi connectivity index (χ0v) is 13.0. The molecule has 3 rings (SSSR count). The van der Waals surface area contributed by atoms with Gasteiger partial charge in [-0.1, -0.05) is 30.0 Å². The fourth-order valence-electron chi connectivity index (χ4n) is 2.27. The van der Waals surface area contributed by atoms with Gasteiger partial charge in [0.05, 0.1) is 16.9 Å². The molecule has 0 spiro atoms. The van der Waals surface area contributed by atoms with Crippen LogP contribution in [0.2, 0.25) is 0 Å². The molecule has 1 aliphatic carbocycles. The van der Waals surface area contributed by atoms with Crippen molar-refractivity contribution in [2.24, 2.45) is 0 Å². The summed E-state index contributed by atoms with van der Waals surface area (Å²) in [5.74, 6) is 0. The summed E-state index contributed by atoms with van der Waals surface area (Å²) in [6.45, 7) is 8.19. The fourth-order valence-corrected chi connectivity index (χ4v) is 3.56. The SMILES string of the molecule is CC1(C)OC(Sc2cccc3c2C(=N)C=C3)OC1(C)C. The first-order chi connectivity index (χ1) is 9.30. The van der Waals surface area contributed by atoms with E-state index in [0.717, 1.165) is 16.0 Å². The monoisotopic (exact) mass is 289 g/mol. The molecule has 0 radical (unpaired) electrons. The summed E-state index contributed by atoms with van der Waals surface area (Å²) in [4.78, 5) is 1.04. The van der Waals surface area contributed by atoms with Crippen molar-refractivity contribution >= 4 is 23.5 Å². The number of fused-ring (bicyclic) bond motifs is 1. The number of thioether (sulfide) groups is 1. The van der Waals surface area contributed by atoms with Crippen molar-refractivity contribution in [2.75, 3.05) is 0 Å². The van der Waals surface area contributed by atoms with Crippen molar-refractivity contribution in [3.8, 4) is 0 Å². The molecule has 0 bridgehead atoms. The summed E-state index contributed by atoms with van der Waals surface area (Å²) in [5, 5.41) is 8.02. The van der Waals surface area contributed by atoms with Gasteiger partial charge < -0.3 is 14.9 Å². The number of rotatable bonds is 2. The largest absolute Gasteiger partial charge is 0.334 e. The molecular formula is C16H19NO2S. The van der Waals surface area contributed by atoms with Crippen LogP contribution in [-0.4, -0.2) is 22.5 Å². The predicted molar refractivity (Wildman–Crippen MR) is 82.3 cm³/mol. The summed E-state index contributed by atoms with van der Waals surface area (Å²) >= 11 is 1.54. The fraction of sp³-hybridized carbons (Fsp3) is 0.438. The van der Waals surface area contributed by atoms with E-state index >= 15 is 0 Å². The Morgan fingerprint density at radius 1 is 1.05 bits per heavy atom. The smallest absolute Gasteiger partial charge is 0.212 e. The van der Waals surface area contributed by atoms with E-state index in [0.29, 0.717) is 5.71 Å². The van der Waals surface area contributed by atoms with Crippen LogP contribution in [0.4, 0.5) is 0 Å². The first-order valence-electron chi connectivity index (χ1n) is 6.72. The van der Waals surface area contributed by atoms with Gasteiger partial charge in [-0.05, 0) is 45.4 Å². The first kappa shape index (κ1) is 13.9. The van der Waals surface area contributed by atoms with Gasteiger partial charge in [0.15, 0.2) is 0 Å². The molecule has 0 saturated carbocycles. The van der Waals surface area contributed by atoms with E-state index in [2.05, 4.69) is 0 Å². The van der Waals surface area contributed by atoms with Crippen molar-refractivity contribution < 1.29 is 9.47 Å². The number of nitrogens with one attached hydrogen (secondary N) is 1. The Kier molecular flexibility index (Phi) is 3.08. The second kappa shape index (κ2) is 4.45. The third-order valence-corrected chi connectivity index (χ3v) is 5.19. The van der Waals surface area contributed by atoms with Crippen LogP contribution in [0.5, 0.6) is 0 Å². The van der Waals surface area contributed by atoms with E-state index in [-0.39, 0.29) is 16.8 Å². The van der Waals surface area contributed by atoms with E-state index in [1.165, 1.54) is 11.8 Å². The molecule has 1 saturated heterocycles. The van der Waals surface area contributed by atoms with Crippen LogP contribution in [0.15, 0.2) is 29.2 Å². The van der Waals surface area contributed by atoms with Gasteiger partial charge in [-0.3, -0.25) is 0 Å². The highest BCUT2D eigenvalue weighted by molar-refractivity contribution is 7.99. The average molecular weight is 289 g/mol. The summed E-state index contributed by atoms with van der Waals surface area (Å²) in [6.07, 6.45) is 3.81. The Morgan fingerprint density at radius 3 is 2.35 bits per heavy atom. The lowest BCUT2D eigenvalue weighted by molar-refractivity contribution is -0.0181. The van der Waals surface area contributed by atoms with Crippen LogP contribution in [0.3, 0.4) is 0 Å². The molecule has 106 valence electrons. The van der Waals surface area contributed by atoms with Gasteiger partial charge in [0, 0.05) is 10.5 Å². The molecule has 0 unspecified atom stereocenters. The summed E-state index contributed by atoms with van der Waals surface area (Å²) in [5.41, 5.74) is 1.64. The zero-order chi connectivity index (χ0) is 14.5. The van der Waals surface area contributed by atoms with E-state index in [4.69, 9.17) is 14.9 Å². The Labute approximate surface area is 123 Å². The van der Waals surface area contributed by atoms with Crippen molar-refractivity contribution in [2.45, 2.75) is 49.4 Å². The lowest BCUT2D eigenvalue weighted by Gasteiger charge is -2.30. The van der Waals surface area contributed by atoms with Gasteiger partial charge in [-0.25, -0.2) is 0 Å². The standard InChI is InChI=1S/C16H19NO2S/c1-15(2)16(3,4)19-14(18-15)20-12-7-5-6-10-8-9-11(17)13(10)12/h5-9,14,17H,1-4H3. The number of benzene rings is 1. The van der Waals surface area contributed by atoms with Crippen LogP contribution >= 0.6 is 11.8 Å². The summed E-state index contributed by atoms with van der Waals surface area (Å²) < 4.78 is 12.0. The van der Waals surface area contributed by atoms with Crippen molar-refractivity contribution in [3.63, 3.8) is 0 Å². The lowest BCUT2D eigenvalue weighted by Crippen LogP contribution is -2.41. The Hall–Kier alpha value is -1.10. The van der Waals surface area contributed by atoms with Gasteiger partial charge >= 0.3 is 0 Å². The minimum atomic E-state index is -0.333. The third-order valence-electron chi connectivity index (χ3n) is 4.21. The van der Waals surface area contributed by atoms with E-state index in [9.17, 15) is 0 Å². The summed E-state index contributed by atoms with van der Waals surface area (Å²) in [7, 11) is 0. The molecule has 2 aliphatic rings. The van der Waals surface area contributed by atoms with Crippen LogP contribution in [0.25, 0.3) is 6.08 Å².